The lowest BCUT2D eigenvalue weighted by Crippen LogP contribution is -2.62. The van der Waals surface area contributed by atoms with Crippen molar-refractivity contribution in [1.82, 2.24) is 10.6 Å². The first-order valence-corrected chi connectivity index (χ1v) is 30.3. The van der Waals surface area contributed by atoms with Gasteiger partial charge in [0.15, 0.2) is 0 Å². The number of aliphatic hydroxyl groups excluding tert-OH is 6. The van der Waals surface area contributed by atoms with Crippen molar-refractivity contribution < 1.29 is 66.2 Å². The summed E-state index contributed by atoms with van der Waals surface area (Å²) >= 11 is 0. The van der Waals surface area contributed by atoms with Gasteiger partial charge in [-0.05, 0) is 195 Å². The molecular formula is C52H90N2O14S2. The molecule has 0 aliphatic heterocycles. The van der Waals surface area contributed by atoms with Crippen LogP contribution in [0.3, 0.4) is 0 Å². The third-order valence-corrected chi connectivity index (χ3v) is 23.5. The molecule has 2 amide bonds. The van der Waals surface area contributed by atoms with Crippen LogP contribution in [0.4, 0.5) is 0 Å². The van der Waals surface area contributed by atoms with E-state index in [0.717, 1.165) is 77.0 Å². The van der Waals surface area contributed by atoms with Crippen LogP contribution in [0, 0.1) is 92.7 Å². The Bertz CT molecular complexity index is 1940. The largest absolute Gasteiger partial charge is 0.393 e. The van der Waals surface area contributed by atoms with Crippen LogP contribution >= 0.6 is 0 Å². The molecule has 18 heteroatoms. The van der Waals surface area contributed by atoms with Gasteiger partial charge in [0.05, 0.1) is 48.1 Å². The Morgan fingerprint density at radius 2 is 0.886 bits per heavy atom. The van der Waals surface area contributed by atoms with E-state index in [1.54, 1.807) is 0 Å². The van der Waals surface area contributed by atoms with Crippen molar-refractivity contribution in [3.05, 3.63) is 0 Å². The molecule has 5 unspecified atom stereocenters. The van der Waals surface area contributed by atoms with Crippen molar-refractivity contribution in [3.63, 3.8) is 0 Å². The van der Waals surface area contributed by atoms with Crippen LogP contribution < -0.4 is 10.6 Å². The van der Waals surface area contributed by atoms with Gasteiger partial charge < -0.3 is 41.3 Å². The van der Waals surface area contributed by atoms with Crippen molar-refractivity contribution in [2.75, 3.05) is 24.6 Å². The maximum Gasteiger partial charge on any atom is 0.266 e. The van der Waals surface area contributed by atoms with Gasteiger partial charge in [0.2, 0.25) is 11.8 Å². The van der Waals surface area contributed by atoms with E-state index >= 15 is 0 Å². The van der Waals surface area contributed by atoms with Crippen LogP contribution in [0.5, 0.6) is 0 Å². The van der Waals surface area contributed by atoms with Gasteiger partial charge in [-0.2, -0.15) is 16.8 Å². The lowest BCUT2D eigenvalue weighted by Gasteiger charge is -2.63. The number of carbonyl (C=O) groups is 2. The highest BCUT2D eigenvalue weighted by molar-refractivity contribution is 7.86. The molecule has 0 bridgehead atoms. The van der Waals surface area contributed by atoms with E-state index in [9.17, 15) is 57.1 Å². The fourth-order valence-corrected chi connectivity index (χ4v) is 18.9. The fourth-order valence-electron chi connectivity index (χ4n) is 18.2. The second-order valence-electron chi connectivity index (χ2n) is 25.4. The zero-order valence-electron chi connectivity index (χ0n) is 42.8. The number of rotatable bonds is 14. The lowest BCUT2D eigenvalue weighted by molar-refractivity contribution is -0.207. The van der Waals surface area contributed by atoms with Crippen LogP contribution in [0.25, 0.3) is 0 Å². The first-order valence-electron chi connectivity index (χ1n) is 27.1. The van der Waals surface area contributed by atoms with Crippen molar-refractivity contribution >= 4 is 32.1 Å². The summed E-state index contributed by atoms with van der Waals surface area (Å²) in [6.45, 7) is 13.1. The molecule has 8 rings (SSSR count). The number of aliphatic hydroxyl groups is 6. The van der Waals surface area contributed by atoms with E-state index in [1.165, 1.54) is 0 Å². The molecular weight excluding hydrogens is 941 g/mol. The summed E-state index contributed by atoms with van der Waals surface area (Å²) in [5.74, 6) is 1.41. The molecule has 0 radical (unpaired) electrons. The predicted molar refractivity (Wildman–Crippen MR) is 264 cm³/mol. The molecule has 8 saturated carbocycles. The minimum absolute atomic E-state index is 0.0509. The second-order valence-corrected chi connectivity index (χ2v) is 28.5. The highest BCUT2D eigenvalue weighted by atomic mass is 32.2. The van der Waals surface area contributed by atoms with Gasteiger partial charge in [0.25, 0.3) is 20.2 Å². The average Bonchev–Trinajstić information content (AvgIpc) is 3.81. The summed E-state index contributed by atoms with van der Waals surface area (Å²) in [5, 5.41) is 71.6. The molecule has 10 N–H and O–H groups in total. The number of hydrogen-bond acceptors (Lipinski definition) is 12. The third-order valence-electron chi connectivity index (χ3n) is 22.1. The van der Waals surface area contributed by atoms with Crippen molar-refractivity contribution in [1.29, 1.82) is 0 Å². The molecule has 0 saturated heterocycles. The van der Waals surface area contributed by atoms with Crippen LogP contribution in [0.2, 0.25) is 0 Å². The Kier molecular flexibility index (Phi) is 17.1. The lowest BCUT2D eigenvalue weighted by atomic mass is 9.43. The number of amides is 2. The fraction of sp³-hybridized carbons (Fsp3) is 0.962. The van der Waals surface area contributed by atoms with E-state index in [1.807, 2.05) is 0 Å². The highest BCUT2D eigenvalue weighted by Gasteiger charge is 2.67. The Balaban J connectivity index is 0.000000206. The monoisotopic (exact) mass is 1030 g/mol. The van der Waals surface area contributed by atoms with Crippen LogP contribution in [-0.2, 0) is 29.8 Å². The Morgan fingerprint density at radius 1 is 0.529 bits per heavy atom. The number of hydrogen-bond donors (Lipinski definition) is 10. The Labute approximate surface area is 418 Å². The van der Waals surface area contributed by atoms with Gasteiger partial charge in [-0.1, -0.05) is 41.5 Å². The minimum Gasteiger partial charge on any atom is -0.393 e. The van der Waals surface area contributed by atoms with Crippen molar-refractivity contribution in [2.45, 2.75) is 194 Å². The first kappa shape index (κ1) is 56.3. The molecule has 404 valence electrons. The highest BCUT2D eigenvalue weighted by Crippen LogP contribution is 2.70. The quantitative estimate of drug-likeness (QED) is 0.105. The van der Waals surface area contributed by atoms with Gasteiger partial charge in [0.1, 0.15) is 0 Å². The molecule has 0 heterocycles. The van der Waals surface area contributed by atoms with Gasteiger partial charge in [-0.3, -0.25) is 18.7 Å². The molecule has 70 heavy (non-hydrogen) atoms. The summed E-state index contributed by atoms with van der Waals surface area (Å²) in [4.78, 5) is 24.4. The molecule has 16 nitrogen and oxygen atoms in total. The third kappa shape index (κ3) is 11.1. The van der Waals surface area contributed by atoms with E-state index in [0.29, 0.717) is 37.5 Å². The number of nitrogens with one attached hydrogen (secondary N) is 2. The van der Waals surface area contributed by atoms with Gasteiger partial charge >= 0.3 is 0 Å². The van der Waals surface area contributed by atoms with E-state index in [2.05, 4.69) is 52.2 Å². The summed E-state index contributed by atoms with van der Waals surface area (Å²) in [6, 6.07) is 0. The standard InChI is InChI=1S/2C26H45NO7S/c2*1-15(4-7-23(31)27-10-11-35(32,33)34)18-5-6-19-24-20(14-22(30)26(18,19)3)25(2)9-8-17(28)12-16(25)13-21(24)29/h2*15-22,24,28-30H,4-14H2,1-3H3,(H,27,31)(H,32,33,34)/t15-,16?,17-,18-,19?,20?,21-,22+,24?,25+,26-;15-,16?,17-,18-,19+,20+,21-,22+,24+,25+,26-/m11/s1. The SMILES string of the molecule is C[C@H](CCC(=O)NCCS(=O)(=O)O)[C@H]1CCC2C3C(C[C@H](O)[C@@]21C)[C@@]1(C)CC[C@@H](O)CC1C[C@H]3O.C[C@H](CCC(=O)NCCS(=O)(=O)O)[C@H]1CC[C@H]2[C@@H]3[C@H](O)CC4C[C@H](O)CC[C@]4(C)[C@H]3C[C@H](O)[C@]12C. The topological polar surface area (TPSA) is 288 Å². The number of fused-ring (bicyclic) bond motifs is 10. The molecule has 8 aliphatic carbocycles. The summed E-state index contributed by atoms with van der Waals surface area (Å²) in [5.41, 5.74) is -0.509. The summed E-state index contributed by atoms with van der Waals surface area (Å²) < 4.78 is 61.0. The molecule has 0 aromatic heterocycles. The molecule has 0 aromatic carbocycles. The van der Waals surface area contributed by atoms with Crippen LogP contribution in [0.15, 0.2) is 0 Å². The van der Waals surface area contributed by atoms with Crippen LogP contribution in [-0.4, -0.2) is 130 Å². The number of carbonyl (C=O) groups excluding carboxylic acids is 2. The summed E-state index contributed by atoms with van der Waals surface area (Å²) in [6.07, 6.45) is 11.3. The Morgan fingerprint density at radius 3 is 1.23 bits per heavy atom. The smallest absolute Gasteiger partial charge is 0.266 e. The van der Waals surface area contributed by atoms with Crippen molar-refractivity contribution in [3.8, 4) is 0 Å². The van der Waals surface area contributed by atoms with Gasteiger partial charge in [-0.15, -0.1) is 0 Å². The molecule has 8 fully saturated rings. The summed E-state index contributed by atoms with van der Waals surface area (Å²) in [7, 11) is -8.19. The maximum atomic E-state index is 12.2. The normalized spacial score (nSPS) is 46.3. The van der Waals surface area contributed by atoms with Gasteiger partial charge in [-0.25, -0.2) is 0 Å². The van der Waals surface area contributed by atoms with E-state index in [-0.39, 0.29) is 131 Å². The maximum absolute atomic E-state index is 12.2. The van der Waals surface area contributed by atoms with E-state index in [4.69, 9.17) is 9.11 Å². The average molecular weight is 1030 g/mol. The van der Waals surface area contributed by atoms with Gasteiger partial charge in [0, 0.05) is 25.9 Å². The second kappa shape index (κ2) is 21.3. The minimum atomic E-state index is -4.10. The van der Waals surface area contributed by atoms with Crippen LogP contribution in [0.1, 0.15) is 157 Å². The molecule has 8 aliphatic rings. The first-order chi connectivity index (χ1) is 32.5. The molecule has 0 aromatic rings. The zero-order valence-corrected chi connectivity index (χ0v) is 44.4. The predicted octanol–water partition coefficient (Wildman–Crippen LogP) is 4.74. The zero-order chi connectivity index (χ0) is 51.5. The molecule has 0 spiro atoms. The Hall–Kier alpha value is -1.48. The molecule has 22 atom stereocenters. The van der Waals surface area contributed by atoms with E-state index < -0.39 is 56.2 Å². The van der Waals surface area contributed by atoms with Crippen molar-refractivity contribution in [2.24, 2.45) is 92.7 Å².